The van der Waals surface area contributed by atoms with Crippen LogP contribution in [0.15, 0.2) is 42.5 Å². The van der Waals surface area contributed by atoms with Crippen molar-refractivity contribution in [2.45, 2.75) is 13.8 Å². The average Bonchev–Trinajstić information content (AvgIpc) is 2.47. The van der Waals surface area contributed by atoms with Gasteiger partial charge < -0.3 is 4.74 Å². The highest BCUT2D eigenvalue weighted by atomic mass is 16.5. The third-order valence-corrected chi connectivity index (χ3v) is 3.48. The lowest BCUT2D eigenvalue weighted by Crippen LogP contribution is -2.06. The van der Waals surface area contributed by atoms with E-state index in [1.165, 1.54) is 0 Å². The molecule has 3 aromatic rings. The molecule has 0 bridgehead atoms. The van der Waals surface area contributed by atoms with Crippen LogP contribution in [0.3, 0.4) is 0 Å². The molecule has 0 atom stereocenters. The van der Waals surface area contributed by atoms with Crippen molar-refractivity contribution in [2.24, 2.45) is 0 Å². The van der Waals surface area contributed by atoms with E-state index < -0.39 is 0 Å². The molecule has 20 heavy (non-hydrogen) atoms. The van der Waals surface area contributed by atoms with E-state index in [9.17, 15) is 4.79 Å². The van der Waals surface area contributed by atoms with Gasteiger partial charge in [-0.25, -0.2) is 9.78 Å². The first kappa shape index (κ1) is 12.6. The molecule has 0 amide bonds. The van der Waals surface area contributed by atoms with E-state index in [1.807, 2.05) is 36.4 Å². The molecule has 0 saturated heterocycles. The lowest BCUT2D eigenvalue weighted by Gasteiger charge is -2.10. The molecule has 3 rings (SSSR count). The number of esters is 1. The molecular formula is C17H15NO2. The third kappa shape index (κ3) is 1.92. The van der Waals surface area contributed by atoms with Crippen molar-refractivity contribution in [1.82, 2.24) is 4.98 Å². The first-order valence-corrected chi connectivity index (χ1v) is 6.67. The summed E-state index contributed by atoms with van der Waals surface area (Å²) in [5.74, 6) is -0.319. The number of hydrogen-bond donors (Lipinski definition) is 0. The number of benzene rings is 2. The molecule has 0 aliphatic heterocycles. The SMILES string of the molecule is CCOC(=O)c1cccc2c(C)c3ccccc3nc12. The number of fused-ring (bicyclic) bond motifs is 2. The highest BCUT2D eigenvalue weighted by molar-refractivity contribution is 6.07. The number of aryl methyl sites for hydroxylation is 1. The van der Waals surface area contributed by atoms with E-state index >= 15 is 0 Å². The highest BCUT2D eigenvalue weighted by Gasteiger charge is 2.14. The fourth-order valence-corrected chi connectivity index (χ4v) is 2.49. The second kappa shape index (κ2) is 4.93. The Kier molecular flexibility index (Phi) is 3.11. The van der Waals surface area contributed by atoms with Gasteiger partial charge in [-0.05, 0) is 31.5 Å². The van der Waals surface area contributed by atoms with E-state index in [4.69, 9.17) is 4.74 Å². The zero-order valence-electron chi connectivity index (χ0n) is 11.5. The van der Waals surface area contributed by atoms with Crippen molar-refractivity contribution < 1.29 is 9.53 Å². The molecule has 1 heterocycles. The standard InChI is InChI=1S/C17H15NO2/c1-3-20-17(19)14-9-6-8-13-11(2)12-7-4-5-10-15(12)18-16(13)14/h4-10H,3H2,1-2H3. The quantitative estimate of drug-likeness (QED) is 0.521. The summed E-state index contributed by atoms with van der Waals surface area (Å²) in [5.41, 5.74) is 3.27. The first-order chi connectivity index (χ1) is 9.72. The summed E-state index contributed by atoms with van der Waals surface area (Å²) in [6.07, 6.45) is 0. The van der Waals surface area contributed by atoms with Crippen molar-refractivity contribution in [2.75, 3.05) is 6.61 Å². The molecule has 0 saturated carbocycles. The Morgan fingerprint density at radius 3 is 2.65 bits per heavy atom. The molecule has 1 aromatic heterocycles. The third-order valence-electron chi connectivity index (χ3n) is 3.48. The van der Waals surface area contributed by atoms with Crippen LogP contribution in [0.4, 0.5) is 0 Å². The zero-order valence-corrected chi connectivity index (χ0v) is 11.5. The van der Waals surface area contributed by atoms with Gasteiger partial charge in [0.2, 0.25) is 0 Å². The van der Waals surface area contributed by atoms with Crippen LogP contribution >= 0.6 is 0 Å². The molecule has 0 N–H and O–H groups in total. The van der Waals surface area contributed by atoms with Crippen LogP contribution < -0.4 is 0 Å². The molecular weight excluding hydrogens is 250 g/mol. The van der Waals surface area contributed by atoms with Crippen LogP contribution in [-0.2, 0) is 4.74 Å². The molecule has 0 aliphatic carbocycles. The Morgan fingerprint density at radius 1 is 1.10 bits per heavy atom. The van der Waals surface area contributed by atoms with E-state index in [2.05, 4.69) is 11.9 Å². The van der Waals surface area contributed by atoms with Gasteiger partial charge in [0.15, 0.2) is 0 Å². The Balaban J connectivity index is 2.37. The Morgan fingerprint density at radius 2 is 1.85 bits per heavy atom. The molecule has 0 radical (unpaired) electrons. The maximum absolute atomic E-state index is 12.0. The Hall–Kier alpha value is -2.42. The fraction of sp³-hybridized carbons (Fsp3) is 0.176. The number of pyridine rings is 1. The van der Waals surface area contributed by atoms with Crippen LogP contribution in [-0.4, -0.2) is 17.6 Å². The number of carbonyl (C=O) groups excluding carboxylic acids is 1. The highest BCUT2D eigenvalue weighted by Crippen LogP contribution is 2.27. The summed E-state index contributed by atoms with van der Waals surface area (Å²) in [6, 6.07) is 13.6. The topological polar surface area (TPSA) is 39.2 Å². The summed E-state index contributed by atoms with van der Waals surface area (Å²) >= 11 is 0. The van der Waals surface area contributed by atoms with Crippen molar-refractivity contribution >= 4 is 27.8 Å². The lowest BCUT2D eigenvalue weighted by atomic mass is 10.0. The number of carbonyl (C=O) groups is 1. The predicted octanol–water partition coefficient (Wildman–Crippen LogP) is 3.87. The Labute approximate surface area is 117 Å². The minimum Gasteiger partial charge on any atom is -0.462 e. The number of rotatable bonds is 2. The van der Waals surface area contributed by atoms with E-state index in [1.54, 1.807) is 13.0 Å². The largest absolute Gasteiger partial charge is 0.462 e. The predicted molar refractivity (Wildman–Crippen MR) is 79.9 cm³/mol. The van der Waals surface area contributed by atoms with Crippen LogP contribution in [0.1, 0.15) is 22.8 Å². The molecule has 3 heteroatoms. The normalized spacial score (nSPS) is 10.9. The number of hydrogen-bond acceptors (Lipinski definition) is 3. The molecule has 0 aliphatic rings. The maximum Gasteiger partial charge on any atom is 0.340 e. The van der Waals surface area contributed by atoms with Gasteiger partial charge in [-0.3, -0.25) is 0 Å². The van der Waals surface area contributed by atoms with Gasteiger partial charge in [0.25, 0.3) is 0 Å². The zero-order chi connectivity index (χ0) is 14.1. The van der Waals surface area contributed by atoms with Crippen LogP contribution in [0.2, 0.25) is 0 Å². The average molecular weight is 265 g/mol. The number of aromatic nitrogens is 1. The smallest absolute Gasteiger partial charge is 0.340 e. The van der Waals surface area contributed by atoms with Crippen LogP contribution in [0.5, 0.6) is 0 Å². The van der Waals surface area contributed by atoms with Crippen molar-refractivity contribution in [3.8, 4) is 0 Å². The summed E-state index contributed by atoms with van der Waals surface area (Å²) in [7, 11) is 0. The van der Waals surface area contributed by atoms with E-state index in [-0.39, 0.29) is 5.97 Å². The second-order valence-corrected chi connectivity index (χ2v) is 4.68. The van der Waals surface area contributed by atoms with Gasteiger partial charge in [0, 0.05) is 10.8 Å². The summed E-state index contributed by atoms with van der Waals surface area (Å²) in [5, 5.41) is 2.11. The number of ether oxygens (including phenoxy) is 1. The molecule has 100 valence electrons. The second-order valence-electron chi connectivity index (χ2n) is 4.68. The maximum atomic E-state index is 12.0. The van der Waals surface area contributed by atoms with Gasteiger partial charge in [-0.1, -0.05) is 30.3 Å². The van der Waals surface area contributed by atoms with Crippen molar-refractivity contribution in [1.29, 1.82) is 0 Å². The minimum atomic E-state index is -0.319. The van der Waals surface area contributed by atoms with Crippen molar-refractivity contribution in [3.63, 3.8) is 0 Å². The van der Waals surface area contributed by atoms with Gasteiger partial charge >= 0.3 is 5.97 Å². The monoisotopic (exact) mass is 265 g/mol. The van der Waals surface area contributed by atoms with Gasteiger partial charge in [-0.2, -0.15) is 0 Å². The molecule has 0 spiro atoms. The van der Waals surface area contributed by atoms with Gasteiger partial charge in [-0.15, -0.1) is 0 Å². The van der Waals surface area contributed by atoms with E-state index in [0.717, 1.165) is 21.9 Å². The van der Waals surface area contributed by atoms with Gasteiger partial charge in [0.1, 0.15) is 0 Å². The summed E-state index contributed by atoms with van der Waals surface area (Å²) < 4.78 is 5.11. The van der Waals surface area contributed by atoms with Crippen molar-refractivity contribution in [3.05, 3.63) is 53.6 Å². The van der Waals surface area contributed by atoms with E-state index in [0.29, 0.717) is 17.7 Å². The number of nitrogens with zero attached hydrogens (tertiary/aromatic N) is 1. The molecule has 0 unspecified atom stereocenters. The first-order valence-electron chi connectivity index (χ1n) is 6.67. The fourth-order valence-electron chi connectivity index (χ4n) is 2.49. The van der Waals surface area contributed by atoms with Crippen LogP contribution in [0.25, 0.3) is 21.8 Å². The molecule has 3 nitrogen and oxygen atoms in total. The molecule has 0 fully saturated rings. The van der Waals surface area contributed by atoms with Gasteiger partial charge in [0.05, 0.1) is 23.2 Å². The lowest BCUT2D eigenvalue weighted by molar-refractivity contribution is 0.0528. The van der Waals surface area contributed by atoms with Crippen LogP contribution in [0, 0.1) is 6.92 Å². The summed E-state index contributed by atoms with van der Waals surface area (Å²) in [6.45, 7) is 4.22. The summed E-state index contributed by atoms with van der Waals surface area (Å²) in [4.78, 5) is 16.7. The number of para-hydroxylation sites is 2. The Bertz CT molecular complexity index is 809. The minimum absolute atomic E-state index is 0.319. The molecule has 2 aromatic carbocycles.